The van der Waals surface area contributed by atoms with E-state index in [1.54, 1.807) is 11.4 Å². The van der Waals surface area contributed by atoms with Crippen molar-refractivity contribution in [2.24, 2.45) is 0 Å². The van der Waals surface area contributed by atoms with E-state index in [2.05, 4.69) is 5.32 Å². The zero-order chi connectivity index (χ0) is 24.1. The summed E-state index contributed by atoms with van der Waals surface area (Å²) in [5, 5.41) is 4.31. The van der Waals surface area contributed by atoms with Gasteiger partial charge in [0.25, 0.3) is 10.0 Å². The van der Waals surface area contributed by atoms with Gasteiger partial charge < -0.3 is 10.2 Å². The molecule has 0 unspecified atom stereocenters. The summed E-state index contributed by atoms with van der Waals surface area (Å²) < 4.78 is 41.5. The van der Waals surface area contributed by atoms with Gasteiger partial charge in [-0.15, -0.1) is 11.3 Å². The molecule has 1 aromatic heterocycles. The lowest BCUT2D eigenvalue weighted by atomic mass is 10.1. The number of carbonyl (C=O) groups is 2. The quantitative estimate of drug-likeness (QED) is 0.486. The Morgan fingerprint density at radius 1 is 1.06 bits per heavy atom. The monoisotopic (exact) mass is 501 g/mol. The molecule has 0 spiro atoms. The van der Waals surface area contributed by atoms with E-state index in [0.717, 1.165) is 45.8 Å². The lowest BCUT2D eigenvalue weighted by Crippen LogP contribution is -2.40. The number of hydrogen-bond acceptors (Lipinski definition) is 5. The van der Waals surface area contributed by atoms with Crippen LogP contribution >= 0.6 is 11.3 Å². The molecule has 1 fully saturated rings. The van der Waals surface area contributed by atoms with Crippen LogP contribution in [0.5, 0.6) is 0 Å². The SMILES string of the molecule is O=C(CN(c1ccccc1F)S(=O)(=O)c1cccs1)NCc1ccc(CN2CCCC2=O)cc1. The van der Waals surface area contributed by atoms with Gasteiger partial charge in [-0.3, -0.25) is 13.9 Å². The second-order valence-corrected chi connectivity index (χ2v) is 10.9. The normalized spacial score (nSPS) is 13.8. The van der Waals surface area contributed by atoms with Crippen LogP contribution in [0.25, 0.3) is 0 Å². The highest BCUT2D eigenvalue weighted by atomic mass is 32.2. The van der Waals surface area contributed by atoms with Crippen molar-refractivity contribution >= 4 is 38.9 Å². The second-order valence-electron chi connectivity index (χ2n) is 7.91. The molecule has 0 bridgehead atoms. The maximum Gasteiger partial charge on any atom is 0.274 e. The zero-order valence-electron chi connectivity index (χ0n) is 18.3. The number of halogens is 1. The van der Waals surface area contributed by atoms with E-state index in [0.29, 0.717) is 13.0 Å². The van der Waals surface area contributed by atoms with Crippen molar-refractivity contribution in [2.75, 3.05) is 17.4 Å². The number of rotatable bonds is 9. The first-order valence-electron chi connectivity index (χ1n) is 10.8. The van der Waals surface area contributed by atoms with E-state index in [1.807, 2.05) is 29.2 Å². The molecular formula is C24H24FN3O4S2. The molecule has 2 heterocycles. The van der Waals surface area contributed by atoms with Crippen LogP contribution < -0.4 is 9.62 Å². The van der Waals surface area contributed by atoms with Crippen molar-refractivity contribution < 1.29 is 22.4 Å². The van der Waals surface area contributed by atoms with E-state index >= 15 is 0 Å². The Labute approximate surface area is 201 Å². The fourth-order valence-corrected chi connectivity index (χ4v) is 6.25. The number of para-hydroxylation sites is 1. The largest absolute Gasteiger partial charge is 0.350 e. The zero-order valence-corrected chi connectivity index (χ0v) is 19.9. The lowest BCUT2D eigenvalue weighted by Gasteiger charge is -2.23. The fraction of sp³-hybridized carbons (Fsp3) is 0.250. The third-order valence-corrected chi connectivity index (χ3v) is 8.64. The Kier molecular flexibility index (Phi) is 7.28. The number of anilines is 1. The molecular weight excluding hydrogens is 477 g/mol. The number of carbonyl (C=O) groups excluding carboxylic acids is 2. The van der Waals surface area contributed by atoms with Gasteiger partial charge in [-0.1, -0.05) is 42.5 Å². The van der Waals surface area contributed by atoms with Crippen molar-refractivity contribution in [1.29, 1.82) is 0 Å². The summed E-state index contributed by atoms with van der Waals surface area (Å²) >= 11 is 1.00. The number of hydrogen-bond donors (Lipinski definition) is 1. The summed E-state index contributed by atoms with van der Waals surface area (Å²) in [4.78, 5) is 26.3. The Bertz CT molecular complexity index is 1260. The molecule has 1 aliphatic heterocycles. The third-order valence-electron chi connectivity index (χ3n) is 5.51. The van der Waals surface area contributed by atoms with E-state index in [-0.39, 0.29) is 22.3 Å². The predicted octanol–water partition coefficient (Wildman–Crippen LogP) is 3.52. The molecule has 4 rings (SSSR count). The topological polar surface area (TPSA) is 86.8 Å². The minimum atomic E-state index is -4.11. The smallest absolute Gasteiger partial charge is 0.274 e. The van der Waals surface area contributed by atoms with E-state index < -0.39 is 28.3 Å². The molecule has 1 N–H and O–H groups in total. The summed E-state index contributed by atoms with van der Waals surface area (Å²) in [5.41, 5.74) is 1.63. The van der Waals surface area contributed by atoms with Crippen molar-refractivity contribution in [1.82, 2.24) is 10.2 Å². The first kappa shape index (κ1) is 23.9. The molecule has 2 aromatic carbocycles. The molecule has 1 saturated heterocycles. The lowest BCUT2D eigenvalue weighted by molar-refractivity contribution is -0.128. The maximum atomic E-state index is 14.5. The highest BCUT2D eigenvalue weighted by molar-refractivity contribution is 7.94. The molecule has 1 aliphatic rings. The Morgan fingerprint density at radius 3 is 2.44 bits per heavy atom. The third kappa shape index (κ3) is 5.45. The predicted molar refractivity (Wildman–Crippen MR) is 128 cm³/mol. The first-order valence-corrected chi connectivity index (χ1v) is 13.1. The standard InChI is InChI=1S/C24H24FN3O4S2/c25-20-5-1-2-6-21(20)28(34(31,32)24-8-4-14-33-24)17-22(29)26-15-18-9-11-19(12-10-18)16-27-13-3-7-23(27)30/h1-2,4-6,8-12,14H,3,7,13,15-17H2,(H,26,29). The summed E-state index contributed by atoms with van der Waals surface area (Å²) in [5.74, 6) is -1.13. The molecule has 0 atom stereocenters. The van der Waals surface area contributed by atoms with Crippen LogP contribution in [-0.4, -0.2) is 38.2 Å². The van der Waals surface area contributed by atoms with Crippen LogP contribution in [-0.2, 0) is 32.7 Å². The number of benzene rings is 2. The van der Waals surface area contributed by atoms with Gasteiger partial charge >= 0.3 is 0 Å². The number of sulfonamides is 1. The number of nitrogens with one attached hydrogen (secondary N) is 1. The summed E-state index contributed by atoms with van der Waals surface area (Å²) in [6.45, 7) is 0.954. The highest BCUT2D eigenvalue weighted by Gasteiger charge is 2.29. The van der Waals surface area contributed by atoms with Crippen molar-refractivity contribution in [3.63, 3.8) is 0 Å². The van der Waals surface area contributed by atoms with Gasteiger partial charge in [0.2, 0.25) is 11.8 Å². The Balaban J connectivity index is 1.42. The van der Waals surface area contributed by atoms with E-state index in [4.69, 9.17) is 0 Å². The molecule has 34 heavy (non-hydrogen) atoms. The van der Waals surface area contributed by atoms with Gasteiger partial charge in [0.05, 0.1) is 5.69 Å². The van der Waals surface area contributed by atoms with Crippen molar-refractivity contribution in [3.05, 3.63) is 83.0 Å². The van der Waals surface area contributed by atoms with Gasteiger partial charge in [0.1, 0.15) is 16.6 Å². The van der Waals surface area contributed by atoms with Crippen LogP contribution in [0, 0.1) is 5.82 Å². The van der Waals surface area contributed by atoms with Gasteiger partial charge in [-0.25, -0.2) is 12.8 Å². The van der Waals surface area contributed by atoms with Crippen molar-refractivity contribution in [2.45, 2.75) is 30.1 Å². The van der Waals surface area contributed by atoms with E-state index in [9.17, 15) is 22.4 Å². The Morgan fingerprint density at radius 2 is 1.79 bits per heavy atom. The molecule has 3 aromatic rings. The number of nitrogens with zero attached hydrogens (tertiary/aromatic N) is 2. The average molecular weight is 502 g/mol. The highest BCUT2D eigenvalue weighted by Crippen LogP contribution is 2.28. The van der Waals surface area contributed by atoms with Crippen LogP contribution in [0.15, 0.2) is 70.3 Å². The second kappa shape index (κ2) is 10.4. The average Bonchev–Trinajstić information content (AvgIpc) is 3.50. The molecule has 2 amide bonds. The molecule has 0 radical (unpaired) electrons. The molecule has 0 aliphatic carbocycles. The minimum Gasteiger partial charge on any atom is -0.350 e. The van der Waals surface area contributed by atoms with Crippen LogP contribution in [0.1, 0.15) is 24.0 Å². The molecule has 7 nitrogen and oxygen atoms in total. The van der Waals surface area contributed by atoms with Gasteiger partial charge in [-0.05, 0) is 41.1 Å². The molecule has 0 saturated carbocycles. The molecule has 178 valence electrons. The number of likely N-dealkylation sites (tertiary alicyclic amines) is 1. The van der Waals surface area contributed by atoms with E-state index in [1.165, 1.54) is 24.3 Å². The Hall–Kier alpha value is -3.24. The number of amides is 2. The summed E-state index contributed by atoms with van der Waals surface area (Å²) in [6, 6.07) is 16.0. The minimum absolute atomic E-state index is 0.0237. The number of thiophene rings is 1. The summed E-state index contributed by atoms with van der Waals surface area (Å²) in [6.07, 6.45) is 1.48. The van der Waals surface area contributed by atoms with Crippen LogP contribution in [0.4, 0.5) is 10.1 Å². The van der Waals surface area contributed by atoms with Crippen molar-refractivity contribution in [3.8, 4) is 0 Å². The van der Waals surface area contributed by atoms with Gasteiger partial charge in [0, 0.05) is 26.1 Å². The first-order chi connectivity index (χ1) is 16.3. The fourth-order valence-electron chi connectivity index (χ4n) is 3.71. The summed E-state index contributed by atoms with van der Waals surface area (Å²) in [7, 11) is -4.11. The van der Waals surface area contributed by atoms with Gasteiger partial charge in [-0.2, -0.15) is 0 Å². The maximum absolute atomic E-state index is 14.5. The van der Waals surface area contributed by atoms with Gasteiger partial charge in [0.15, 0.2) is 0 Å². The van der Waals surface area contributed by atoms with Crippen LogP contribution in [0.3, 0.4) is 0 Å². The molecule has 10 heteroatoms. The van der Waals surface area contributed by atoms with Crippen LogP contribution in [0.2, 0.25) is 0 Å².